The molecule has 26 heavy (non-hydrogen) atoms. The second kappa shape index (κ2) is 7.91. The molecule has 0 aliphatic carbocycles. The molecule has 2 heterocycles. The number of aromatic nitrogens is 2. The van der Waals surface area contributed by atoms with E-state index in [1.807, 2.05) is 31.3 Å². The van der Waals surface area contributed by atoms with Crippen LogP contribution in [0.4, 0.5) is 0 Å². The summed E-state index contributed by atoms with van der Waals surface area (Å²) in [5.74, 6) is 1.02. The summed E-state index contributed by atoms with van der Waals surface area (Å²) in [4.78, 5) is 14.8. The second-order valence-electron chi connectivity index (χ2n) is 7.06. The highest BCUT2D eigenvalue weighted by Gasteiger charge is 2.29. The van der Waals surface area contributed by atoms with Crippen LogP contribution in [0.15, 0.2) is 30.6 Å². The molecule has 1 aliphatic heterocycles. The maximum atomic E-state index is 12.9. The Morgan fingerprint density at radius 3 is 2.58 bits per heavy atom. The molecule has 1 unspecified atom stereocenters. The minimum Gasteiger partial charge on any atom is -0.490 e. The van der Waals surface area contributed by atoms with Crippen LogP contribution in [0.1, 0.15) is 35.6 Å². The van der Waals surface area contributed by atoms with Crippen molar-refractivity contribution in [3.8, 4) is 5.75 Å². The first-order valence-corrected chi connectivity index (χ1v) is 9.16. The number of benzene rings is 1. The molecule has 1 aromatic carbocycles. The zero-order chi connectivity index (χ0) is 18.7. The molecule has 0 saturated carbocycles. The third kappa shape index (κ3) is 4.07. The SMILES string of the molecule is CNC(C(=O)N1CCC(Oc2ccc(C)c(C)c2)CC1)c1cnn(C)c1. The van der Waals surface area contributed by atoms with Crippen LogP contribution in [0, 0.1) is 13.8 Å². The maximum absolute atomic E-state index is 12.9. The normalized spacial score (nSPS) is 16.5. The number of likely N-dealkylation sites (N-methyl/N-ethyl adjacent to an activating group) is 1. The number of nitrogens with zero attached hydrogens (tertiary/aromatic N) is 3. The minimum atomic E-state index is -0.346. The first kappa shape index (κ1) is 18.5. The van der Waals surface area contributed by atoms with Gasteiger partial charge in [0, 0.05) is 44.7 Å². The Morgan fingerprint density at radius 1 is 1.27 bits per heavy atom. The standard InChI is InChI=1S/C20H28N4O2/c1-14-5-6-18(11-15(14)2)26-17-7-9-24(10-8-17)20(25)19(21-3)16-12-22-23(4)13-16/h5-6,11-13,17,19,21H,7-10H2,1-4H3. The monoisotopic (exact) mass is 356 g/mol. The first-order chi connectivity index (χ1) is 12.5. The average molecular weight is 356 g/mol. The van der Waals surface area contributed by atoms with Gasteiger partial charge in [-0.2, -0.15) is 5.10 Å². The Balaban J connectivity index is 1.57. The van der Waals surface area contributed by atoms with Crippen molar-refractivity contribution >= 4 is 5.91 Å². The second-order valence-corrected chi connectivity index (χ2v) is 7.06. The fourth-order valence-electron chi connectivity index (χ4n) is 3.38. The smallest absolute Gasteiger partial charge is 0.244 e. The highest BCUT2D eigenvalue weighted by atomic mass is 16.5. The van der Waals surface area contributed by atoms with Gasteiger partial charge in [-0.3, -0.25) is 9.48 Å². The Bertz CT molecular complexity index is 763. The van der Waals surface area contributed by atoms with E-state index in [0.29, 0.717) is 13.1 Å². The number of hydrogen-bond donors (Lipinski definition) is 1. The number of rotatable bonds is 5. The molecular formula is C20H28N4O2. The van der Waals surface area contributed by atoms with Crippen molar-refractivity contribution in [3.63, 3.8) is 0 Å². The lowest BCUT2D eigenvalue weighted by molar-refractivity contribution is -0.135. The number of piperidine rings is 1. The van der Waals surface area contributed by atoms with Crippen LogP contribution in [0.25, 0.3) is 0 Å². The van der Waals surface area contributed by atoms with Crippen molar-refractivity contribution in [3.05, 3.63) is 47.3 Å². The van der Waals surface area contributed by atoms with E-state index in [-0.39, 0.29) is 18.1 Å². The van der Waals surface area contributed by atoms with E-state index < -0.39 is 0 Å². The van der Waals surface area contributed by atoms with Crippen molar-refractivity contribution in [2.24, 2.45) is 7.05 Å². The van der Waals surface area contributed by atoms with Crippen LogP contribution >= 0.6 is 0 Å². The van der Waals surface area contributed by atoms with Gasteiger partial charge in [-0.25, -0.2) is 0 Å². The topological polar surface area (TPSA) is 59.4 Å². The Labute approximate surface area is 155 Å². The summed E-state index contributed by atoms with van der Waals surface area (Å²) in [6.45, 7) is 5.63. The third-order valence-electron chi connectivity index (χ3n) is 5.13. The van der Waals surface area contributed by atoms with Crippen molar-refractivity contribution in [2.45, 2.75) is 38.8 Å². The zero-order valence-corrected chi connectivity index (χ0v) is 16.0. The van der Waals surface area contributed by atoms with Crippen LogP contribution in [0.5, 0.6) is 5.75 Å². The largest absolute Gasteiger partial charge is 0.490 e. The van der Waals surface area contributed by atoms with Gasteiger partial charge in [0.1, 0.15) is 17.9 Å². The van der Waals surface area contributed by atoms with Crippen LogP contribution in [-0.2, 0) is 11.8 Å². The third-order valence-corrected chi connectivity index (χ3v) is 5.13. The summed E-state index contributed by atoms with van der Waals surface area (Å²) >= 11 is 0. The molecule has 1 aromatic heterocycles. The lowest BCUT2D eigenvalue weighted by Crippen LogP contribution is -2.46. The number of carbonyl (C=O) groups is 1. The van der Waals surface area contributed by atoms with E-state index in [4.69, 9.17) is 4.74 Å². The molecule has 1 saturated heterocycles. The van der Waals surface area contributed by atoms with Crippen molar-refractivity contribution < 1.29 is 9.53 Å². The molecule has 1 atom stereocenters. The lowest BCUT2D eigenvalue weighted by atomic mass is 10.0. The van der Waals surface area contributed by atoms with Crippen LogP contribution in [0.3, 0.4) is 0 Å². The van der Waals surface area contributed by atoms with Crippen LogP contribution in [0.2, 0.25) is 0 Å². The summed E-state index contributed by atoms with van der Waals surface area (Å²) < 4.78 is 7.85. The molecular weight excluding hydrogens is 328 g/mol. The van der Waals surface area contributed by atoms with Crippen molar-refractivity contribution in [1.29, 1.82) is 0 Å². The van der Waals surface area contributed by atoms with Gasteiger partial charge in [0.25, 0.3) is 0 Å². The predicted molar refractivity (Wildman–Crippen MR) is 101 cm³/mol. The van der Waals surface area contributed by atoms with E-state index in [2.05, 4.69) is 36.4 Å². The molecule has 0 radical (unpaired) electrons. The molecule has 0 spiro atoms. The van der Waals surface area contributed by atoms with Gasteiger partial charge in [-0.05, 0) is 44.2 Å². The Morgan fingerprint density at radius 2 is 2.00 bits per heavy atom. The molecule has 6 heteroatoms. The van der Waals surface area contributed by atoms with E-state index >= 15 is 0 Å². The fraction of sp³-hybridized carbons (Fsp3) is 0.500. The van der Waals surface area contributed by atoms with Gasteiger partial charge in [0.15, 0.2) is 0 Å². The van der Waals surface area contributed by atoms with E-state index in [1.165, 1.54) is 11.1 Å². The highest BCUT2D eigenvalue weighted by molar-refractivity contribution is 5.83. The van der Waals surface area contributed by atoms with Crippen LogP contribution in [-0.4, -0.2) is 46.8 Å². The van der Waals surface area contributed by atoms with Gasteiger partial charge in [0.05, 0.1) is 6.20 Å². The van der Waals surface area contributed by atoms with Gasteiger partial charge < -0.3 is 15.0 Å². The predicted octanol–water partition coefficient (Wildman–Crippen LogP) is 2.37. The molecule has 140 valence electrons. The summed E-state index contributed by atoms with van der Waals surface area (Å²) in [7, 11) is 3.67. The van der Waals surface area contributed by atoms with Gasteiger partial charge in [-0.1, -0.05) is 6.07 Å². The van der Waals surface area contributed by atoms with Crippen LogP contribution < -0.4 is 10.1 Å². The van der Waals surface area contributed by atoms with Gasteiger partial charge in [0.2, 0.25) is 5.91 Å². The average Bonchev–Trinajstić information content (AvgIpc) is 3.05. The Hall–Kier alpha value is -2.34. The summed E-state index contributed by atoms with van der Waals surface area (Å²) in [6, 6.07) is 5.86. The Kier molecular flexibility index (Phi) is 5.61. The number of aryl methyl sites for hydroxylation is 3. The summed E-state index contributed by atoms with van der Waals surface area (Å²) in [5.41, 5.74) is 3.41. The van der Waals surface area contributed by atoms with E-state index in [1.54, 1.807) is 10.9 Å². The number of amides is 1. The molecule has 1 fully saturated rings. The van der Waals surface area contributed by atoms with Crippen molar-refractivity contribution in [2.75, 3.05) is 20.1 Å². The minimum absolute atomic E-state index is 0.102. The first-order valence-electron chi connectivity index (χ1n) is 9.16. The zero-order valence-electron chi connectivity index (χ0n) is 16.0. The molecule has 6 nitrogen and oxygen atoms in total. The number of likely N-dealkylation sites (tertiary alicyclic amines) is 1. The molecule has 1 aliphatic rings. The van der Waals surface area contributed by atoms with Crippen molar-refractivity contribution in [1.82, 2.24) is 20.0 Å². The quantitative estimate of drug-likeness (QED) is 0.894. The molecule has 0 bridgehead atoms. The maximum Gasteiger partial charge on any atom is 0.244 e. The van der Waals surface area contributed by atoms with E-state index in [0.717, 1.165) is 24.2 Å². The van der Waals surface area contributed by atoms with Gasteiger partial charge in [-0.15, -0.1) is 0 Å². The number of ether oxygens (including phenoxy) is 1. The number of hydrogen-bond acceptors (Lipinski definition) is 4. The summed E-state index contributed by atoms with van der Waals surface area (Å²) in [6.07, 6.45) is 5.49. The molecule has 2 aromatic rings. The van der Waals surface area contributed by atoms with Gasteiger partial charge >= 0.3 is 0 Å². The van der Waals surface area contributed by atoms with E-state index in [9.17, 15) is 4.79 Å². The highest BCUT2D eigenvalue weighted by Crippen LogP contribution is 2.23. The molecule has 3 rings (SSSR count). The fourth-order valence-corrected chi connectivity index (χ4v) is 3.38. The summed E-state index contributed by atoms with van der Waals surface area (Å²) in [5, 5.41) is 7.29. The molecule has 1 amide bonds. The lowest BCUT2D eigenvalue weighted by Gasteiger charge is -2.34. The number of nitrogens with one attached hydrogen (secondary N) is 1. The molecule has 1 N–H and O–H groups in total. The number of carbonyl (C=O) groups excluding carboxylic acids is 1.